The average molecular weight is 471 g/mol. The molecule has 0 aromatic heterocycles. The summed E-state index contributed by atoms with van der Waals surface area (Å²) in [6, 6.07) is 9.03. The zero-order valence-electron chi connectivity index (χ0n) is 16.7. The minimum atomic E-state index is -4.75. The molecule has 2 aromatic rings. The fourth-order valence-corrected chi connectivity index (χ4v) is 3.64. The van der Waals surface area contributed by atoms with E-state index < -0.39 is 18.2 Å². The number of oxime groups is 1. The lowest BCUT2D eigenvalue weighted by molar-refractivity contribution is -0.275. The number of carbonyl (C=O) groups is 1. The smallest absolute Gasteiger partial charge is 0.374 e. The normalized spacial score (nSPS) is 18.7. The van der Waals surface area contributed by atoms with Gasteiger partial charge in [-0.15, -0.1) is 0 Å². The maximum atomic E-state index is 14.0. The van der Waals surface area contributed by atoms with Crippen LogP contribution in [0.5, 0.6) is 0 Å². The van der Waals surface area contributed by atoms with E-state index in [1.165, 1.54) is 24.3 Å². The van der Waals surface area contributed by atoms with Gasteiger partial charge in [-0.3, -0.25) is 4.79 Å². The van der Waals surface area contributed by atoms with E-state index >= 15 is 0 Å². The molecule has 1 aliphatic rings. The number of halogens is 5. The zero-order chi connectivity index (χ0) is 22.8. The number of aryl methyl sites for hydroxylation is 1. The largest absolute Gasteiger partial charge is 0.435 e. The van der Waals surface area contributed by atoms with Crippen molar-refractivity contribution >= 4 is 46.6 Å². The molecule has 1 heterocycles. The van der Waals surface area contributed by atoms with E-state index in [2.05, 4.69) is 10.5 Å². The van der Waals surface area contributed by atoms with Gasteiger partial charge in [0, 0.05) is 34.1 Å². The molecule has 1 atom stereocenters. The fraction of sp³-hybridized carbons (Fsp3) is 0.273. The van der Waals surface area contributed by atoms with Crippen molar-refractivity contribution in [2.24, 2.45) is 5.16 Å². The number of carbonyl (C=O) groups excluding carboxylic acids is 1. The third-order valence-electron chi connectivity index (χ3n) is 4.86. The Hall–Kier alpha value is -2.51. The summed E-state index contributed by atoms with van der Waals surface area (Å²) in [5.41, 5.74) is -0.590. The molecule has 0 spiro atoms. The minimum absolute atomic E-state index is 0.0695. The molecule has 1 unspecified atom stereocenters. The van der Waals surface area contributed by atoms with Gasteiger partial charge in [0.25, 0.3) is 5.60 Å². The summed E-state index contributed by atoms with van der Waals surface area (Å²) in [4.78, 5) is 16.6. The molecule has 2 aromatic carbocycles. The lowest BCUT2D eigenvalue weighted by atomic mass is 9.88. The number of hydrogen-bond donors (Lipinski definition) is 1. The Morgan fingerprint density at radius 1 is 1.19 bits per heavy atom. The Balaban J connectivity index is 1.85. The first-order valence-corrected chi connectivity index (χ1v) is 10.2. The molecule has 1 N–H and O–H groups in total. The predicted octanol–water partition coefficient (Wildman–Crippen LogP) is 6.90. The molecule has 0 saturated heterocycles. The molecule has 4 nitrogen and oxygen atoms in total. The Morgan fingerprint density at radius 3 is 2.48 bits per heavy atom. The number of alkyl halides is 3. The van der Waals surface area contributed by atoms with Gasteiger partial charge in [-0.25, -0.2) is 0 Å². The van der Waals surface area contributed by atoms with Crippen LogP contribution in [0.1, 0.15) is 36.5 Å². The van der Waals surface area contributed by atoms with Gasteiger partial charge in [0.15, 0.2) is 0 Å². The standard InChI is InChI=1S/C22H19Cl2F3N2O2/c1-3-20(30)28-19-8-14(5-4-13(19)2)6-7-18-12-21(31-29-18,22(25,26)27)15-9-16(23)11-17(24)10-15/h4-11H,3,12H2,1-2H3,(H,28,30)/b7-6+. The van der Waals surface area contributed by atoms with Crippen LogP contribution in [0.3, 0.4) is 0 Å². The summed E-state index contributed by atoms with van der Waals surface area (Å²) in [6.45, 7) is 3.59. The molecule has 0 radical (unpaired) electrons. The van der Waals surface area contributed by atoms with Gasteiger partial charge in [-0.1, -0.05) is 53.5 Å². The summed E-state index contributed by atoms with van der Waals surface area (Å²) in [6.07, 6.45) is -1.88. The van der Waals surface area contributed by atoms with Crippen LogP contribution in [-0.2, 0) is 15.2 Å². The topological polar surface area (TPSA) is 50.7 Å². The van der Waals surface area contributed by atoms with E-state index in [-0.39, 0.29) is 27.2 Å². The highest BCUT2D eigenvalue weighted by molar-refractivity contribution is 6.34. The summed E-state index contributed by atoms with van der Waals surface area (Å²) in [5, 5.41) is 6.59. The van der Waals surface area contributed by atoms with Gasteiger partial charge < -0.3 is 10.2 Å². The molecule has 9 heteroatoms. The van der Waals surface area contributed by atoms with Crippen molar-refractivity contribution in [3.8, 4) is 0 Å². The number of rotatable bonds is 5. The number of nitrogens with zero attached hydrogens (tertiary/aromatic N) is 1. The summed E-state index contributed by atoms with van der Waals surface area (Å²) in [5.74, 6) is -0.132. The third kappa shape index (κ3) is 5.05. The fourth-order valence-electron chi connectivity index (χ4n) is 3.11. The van der Waals surface area contributed by atoms with Gasteiger partial charge in [0.1, 0.15) is 0 Å². The predicted molar refractivity (Wildman–Crippen MR) is 116 cm³/mol. The highest BCUT2D eigenvalue weighted by Gasteiger charge is 2.62. The van der Waals surface area contributed by atoms with Gasteiger partial charge in [-0.05, 0) is 48.4 Å². The van der Waals surface area contributed by atoms with E-state index in [0.717, 1.165) is 5.56 Å². The zero-order valence-corrected chi connectivity index (χ0v) is 18.2. The Morgan fingerprint density at radius 2 is 1.87 bits per heavy atom. The van der Waals surface area contributed by atoms with E-state index in [1.807, 2.05) is 13.0 Å². The van der Waals surface area contributed by atoms with Gasteiger partial charge in [0.05, 0.1) is 5.71 Å². The van der Waals surface area contributed by atoms with Crippen LogP contribution in [0.2, 0.25) is 10.0 Å². The summed E-state index contributed by atoms with van der Waals surface area (Å²) in [7, 11) is 0. The van der Waals surface area contributed by atoms with Gasteiger partial charge >= 0.3 is 6.18 Å². The number of anilines is 1. The summed E-state index contributed by atoms with van der Waals surface area (Å²) >= 11 is 11.8. The maximum absolute atomic E-state index is 14.0. The average Bonchev–Trinajstić information content (AvgIpc) is 3.13. The van der Waals surface area contributed by atoms with Crippen molar-refractivity contribution in [1.82, 2.24) is 0 Å². The number of allylic oxidation sites excluding steroid dienone is 1. The Kier molecular flexibility index (Phi) is 6.67. The molecule has 31 heavy (non-hydrogen) atoms. The van der Waals surface area contributed by atoms with E-state index in [4.69, 9.17) is 28.0 Å². The van der Waals surface area contributed by atoms with Crippen molar-refractivity contribution < 1.29 is 22.8 Å². The second-order valence-corrected chi connectivity index (χ2v) is 8.02. The number of amides is 1. The lowest BCUT2D eigenvalue weighted by Crippen LogP contribution is -2.42. The Labute approximate surface area is 187 Å². The van der Waals surface area contributed by atoms with Crippen molar-refractivity contribution in [3.63, 3.8) is 0 Å². The molecular weight excluding hydrogens is 452 g/mol. The van der Waals surface area contributed by atoms with E-state index in [9.17, 15) is 18.0 Å². The maximum Gasteiger partial charge on any atom is 0.435 e. The molecule has 164 valence electrons. The van der Waals surface area contributed by atoms with Crippen LogP contribution in [0.15, 0.2) is 47.6 Å². The Bertz CT molecular complexity index is 1050. The molecular formula is C22H19Cl2F3N2O2. The van der Waals surface area contributed by atoms with Crippen molar-refractivity contribution in [3.05, 3.63) is 69.2 Å². The molecule has 0 aliphatic carbocycles. The van der Waals surface area contributed by atoms with Crippen LogP contribution < -0.4 is 5.32 Å². The minimum Gasteiger partial charge on any atom is -0.374 e. The van der Waals surface area contributed by atoms with Crippen LogP contribution in [-0.4, -0.2) is 17.8 Å². The molecule has 0 bridgehead atoms. The first-order chi connectivity index (χ1) is 14.5. The van der Waals surface area contributed by atoms with Crippen LogP contribution in [0.25, 0.3) is 6.08 Å². The van der Waals surface area contributed by atoms with Gasteiger partial charge in [-0.2, -0.15) is 13.2 Å². The molecule has 1 aliphatic heterocycles. The van der Waals surface area contributed by atoms with E-state index in [1.54, 1.807) is 25.1 Å². The highest BCUT2D eigenvalue weighted by Crippen LogP contribution is 2.49. The van der Waals surface area contributed by atoms with Crippen LogP contribution in [0.4, 0.5) is 18.9 Å². The molecule has 0 saturated carbocycles. The molecule has 3 rings (SSSR count). The SMILES string of the molecule is CCC(=O)Nc1cc(/C=C/C2=NOC(c3cc(Cl)cc(Cl)c3)(C(F)(F)F)C2)ccc1C. The molecule has 1 amide bonds. The lowest BCUT2D eigenvalue weighted by Gasteiger charge is -2.29. The first-order valence-electron chi connectivity index (χ1n) is 9.41. The van der Waals surface area contributed by atoms with Crippen LogP contribution in [0, 0.1) is 6.92 Å². The number of benzene rings is 2. The first kappa shape index (κ1) is 23.2. The van der Waals surface area contributed by atoms with Crippen molar-refractivity contribution in [1.29, 1.82) is 0 Å². The summed E-state index contributed by atoms with van der Waals surface area (Å²) < 4.78 is 42.0. The second kappa shape index (κ2) is 8.93. The van der Waals surface area contributed by atoms with Gasteiger partial charge in [0.2, 0.25) is 5.91 Å². The quantitative estimate of drug-likeness (QED) is 0.516. The molecule has 0 fully saturated rings. The second-order valence-electron chi connectivity index (χ2n) is 7.14. The van der Waals surface area contributed by atoms with Crippen molar-refractivity contribution in [2.45, 2.75) is 38.5 Å². The third-order valence-corrected chi connectivity index (χ3v) is 5.30. The monoisotopic (exact) mass is 470 g/mol. The van der Waals surface area contributed by atoms with E-state index in [0.29, 0.717) is 17.7 Å². The van der Waals surface area contributed by atoms with Crippen LogP contribution >= 0.6 is 23.2 Å². The number of hydrogen-bond acceptors (Lipinski definition) is 3. The van der Waals surface area contributed by atoms with Crippen molar-refractivity contribution in [2.75, 3.05) is 5.32 Å². The highest BCUT2D eigenvalue weighted by atomic mass is 35.5. The number of nitrogens with one attached hydrogen (secondary N) is 1.